The van der Waals surface area contributed by atoms with Crippen LogP contribution in [0.5, 0.6) is 5.75 Å². The third kappa shape index (κ3) is 4.15. The Morgan fingerprint density at radius 2 is 1.92 bits per heavy atom. The normalized spacial score (nSPS) is 12.6. The monoisotopic (exact) mass is 364 g/mol. The highest BCUT2D eigenvalue weighted by atomic mass is 32.2. The Labute approximate surface area is 146 Å². The lowest BCUT2D eigenvalue weighted by Crippen LogP contribution is -2.29. The number of hydrogen-bond acceptors (Lipinski definition) is 5. The molecule has 0 aliphatic heterocycles. The fraction of sp³-hybridized carbons (Fsp3) is 0.294. The Hall–Kier alpha value is -2.45. The molecule has 0 heterocycles. The van der Waals surface area contributed by atoms with Gasteiger partial charge in [-0.3, -0.25) is 10.1 Å². The number of rotatable bonds is 7. The second-order valence-corrected chi connectivity index (χ2v) is 7.22. The molecule has 0 aliphatic rings. The minimum absolute atomic E-state index is 0.344. The van der Waals surface area contributed by atoms with Crippen molar-refractivity contribution in [3.8, 4) is 5.75 Å². The average molecular weight is 364 g/mol. The Morgan fingerprint density at radius 3 is 2.48 bits per heavy atom. The van der Waals surface area contributed by atoms with Crippen molar-refractivity contribution in [1.29, 1.82) is 0 Å². The third-order valence-electron chi connectivity index (χ3n) is 3.88. The van der Waals surface area contributed by atoms with Gasteiger partial charge in [0, 0.05) is 12.1 Å². The molecule has 0 saturated carbocycles. The minimum atomic E-state index is -4.05. The average Bonchev–Trinajstić information content (AvgIpc) is 2.59. The first kappa shape index (κ1) is 18.9. The van der Waals surface area contributed by atoms with Gasteiger partial charge in [-0.15, -0.1) is 0 Å². The fourth-order valence-electron chi connectivity index (χ4n) is 2.59. The molecule has 0 aliphatic carbocycles. The molecule has 0 amide bonds. The molecule has 1 N–H and O–H groups in total. The molecule has 8 heteroatoms. The van der Waals surface area contributed by atoms with E-state index in [0.717, 1.165) is 11.1 Å². The van der Waals surface area contributed by atoms with Crippen LogP contribution in [0.25, 0.3) is 0 Å². The molecule has 0 radical (unpaired) electrons. The summed E-state index contributed by atoms with van der Waals surface area (Å²) in [5, 5.41) is 11.1. The van der Waals surface area contributed by atoms with E-state index in [2.05, 4.69) is 4.72 Å². The van der Waals surface area contributed by atoms with E-state index in [1.54, 1.807) is 19.2 Å². The maximum absolute atomic E-state index is 12.7. The number of nitro groups is 1. The van der Waals surface area contributed by atoms with Gasteiger partial charge in [0.05, 0.1) is 12.0 Å². The van der Waals surface area contributed by atoms with E-state index in [1.807, 2.05) is 19.9 Å². The van der Waals surface area contributed by atoms with E-state index in [4.69, 9.17) is 4.74 Å². The molecule has 7 nitrogen and oxygen atoms in total. The summed E-state index contributed by atoms with van der Waals surface area (Å²) in [6.07, 6.45) is 0.492. The van der Waals surface area contributed by atoms with Gasteiger partial charge in [0.1, 0.15) is 5.75 Å². The number of nitrogens with zero attached hydrogens (tertiary/aromatic N) is 1. The van der Waals surface area contributed by atoms with E-state index in [1.165, 1.54) is 24.3 Å². The van der Waals surface area contributed by atoms with E-state index in [0.29, 0.717) is 12.2 Å². The van der Waals surface area contributed by atoms with Gasteiger partial charge in [0.2, 0.25) is 10.0 Å². The van der Waals surface area contributed by atoms with E-state index in [-0.39, 0.29) is 4.90 Å². The van der Waals surface area contributed by atoms with E-state index in [9.17, 15) is 18.5 Å². The van der Waals surface area contributed by atoms with Crippen molar-refractivity contribution in [3.05, 3.63) is 63.7 Å². The summed E-state index contributed by atoms with van der Waals surface area (Å²) in [7, 11) is -2.48. The smallest absolute Gasteiger partial charge is 0.289 e. The van der Waals surface area contributed by atoms with Crippen LogP contribution in [-0.4, -0.2) is 20.5 Å². The molecule has 0 saturated heterocycles. The Morgan fingerprint density at radius 1 is 1.24 bits per heavy atom. The molecule has 2 aromatic rings. The van der Waals surface area contributed by atoms with E-state index < -0.39 is 26.7 Å². The standard InChI is InChI=1S/C17H20N2O5S/c1-4-14(13-9-10-16(24-3)12(2)11-13)18-25(22,23)17-8-6-5-7-15(17)19(20)21/h5-11,14,18H,4H2,1-3H3. The van der Waals surface area contributed by atoms with Gasteiger partial charge in [0.25, 0.3) is 5.69 Å². The van der Waals surface area contributed by atoms with Gasteiger partial charge >= 0.3 is 0 Å². The molecular weight excluding hydrogens is 344 g/mol. The number of sulfonamides is 1. The van der Waals surface area contributed by atoms with Crippen LogP contribution in [0, 0.1) is 17.0 Å². The quantitative estimate of drug-likeness (QED) is 0.600. The van der Waals surface area contributed by atoms with Gasteiger partial charge in [-0.25, -0.2) is 13.1 Å². The largest absolute Gasteiger partial charge is 0.496 e. The molecule has 1 unspecified atom stereocenters. The van der Waals surface area contributed by atoms with Crippen LogP contribution in [0.1, 0.15) is 30.5 Å². The van der Waals surface area contributed by atoms with Gasteiger partial charge in [-0.2, -0.15) is 0 Å². The zero-order valence-electron chi connectivity index (χ0n) is 14.2. The summed E-state index contributed by atoms with van der Waals surface area (Å²) in [4.78, 5) is 10.1. The summed E-state index contributed by atoms with van der Waals surface area (Å²) in [6, 6.07) is 10.2. The van der Waals surface area contributed by atoms with Crippen molar-refractivity contribution in [2.45, 2.75) is 31.2 Å². The van der Waals surface area contributed by atoms with Crippen molar-refractivity contribution in [1.82, 2.24) is 4.72 Å². The lowest BCUT2D eigenvalue weighted by molar-refractivity contribution is -0.387. The second kappa shape index (κ2) is 7.62. The lowest BCUT2D eigenvalue weighted by atomic mass is 10.0. The predicted octanol–water partition coefficient (Wildman–Crippen LogP) is 3.34. The number of nitro benzene ring substituents is 1. The zero-order valence-corrected chi connectivity index (χ0v) is 15.0. The van der Waals surface area contributed by atoms with Crippen LogP contribution < -0.4 is 9.46 Å². The third-order valence-corrected chi connectivity index (χ3v) is 5.40. The highest BCUT2D eigenvalue weighted by molar-refractivity contribution is 7.89. The number of para-hydroxylation sites is 1. The van der Waals surface area contributed by atoms with Crippen molar-refractivity contribution >= 4 is 15.7 Å². The molecule has 1 atom stereocenters. The SMILES string of the molecule is CCC(NS(=O)(=O)c1ccccc1[N+](=O)[O-])c1ccc(OC)c(C)c1. The van der Waals surface area contributed by atoms with Crippen LogP contribution in [0.4, 0.5) is 5.69 Å². The number of nitrogens with one attached hydrogen (secondary N) is 1. The Bertz CT molecular complexity index is 880. The van der Waals surface area contributed by atoms with E-state index >= 15 is 0 Å². The molecule has 2 aromatic carbocycles. The van der Waals surface area contributed by atoms with Crippen LogP contribution in [0.15, 0.2) is 47.4 Å². The summed E-state index contributed by atoms with van der Waals surface area (Å²) in [5.74, 6) is 0.708. The summed E-state index contributed by atoms with van der Waals surface area (Å²) in [5.41, 5.74) is 1.20. The predicted molar refractivity (Wildman–Crippen MR) is 94.2 cm³/mol. The first-order chi connectivity index (χ1) is 11.8. The Kier molecular flexibility index (Phi) is 5.76. The molecule has 0 aromatic heterocycles. The van der Waals surface area contributed by atoms with Crippen LogP contribution >= 0.6 is 0 Å². The fourth-order valence-corrected chi connectivity index (χ4v) is 4.07. The highest BCUT2D eigenvalue weighted by Crippen LogP contribution is 2.28. The van der Waals surface area contributed by atoms with Gasteiger partial charge < -0.3 is 4.74 Å². The number of methoxy groups -OCH3 is 1. The van der Waals surface area contributed by atoms with Crippen LogP contribution in [-0.2, 0) is 10.0 Å². The van der Waals surface area contributed by atoms with Crippen molar-refractivity contribution in [3.63, 3.8) is 0 Å². The second-order valence-electron chi connectivity index (χ2n) is 5.54. The molecule has 2 rings (SSSR count). The lowest BCUT2D eigenvalue weighted by Gasteiger charge is -2.19. The molecule has 0 fully saturated rings. The van der Waals surface area contributed by atoms with Gasteiger partial charge in [0.15, 0.2) is 4.90 Å². The maximum Gasteiger partial charge on any atom is 0.289 e. The maximum atomic E-state index is 12.7. The molecule has 134 valence electrons. The highest BCUT2D eigenvalue weighted by Gasteiger charge is 2.27. The molecule has 0 bridgehead atoms. The minimum Gasteiger partial charge on any atom is -0.496 e. The molecule has 0 spiro atoms. The van der Waals surface area contributed by atoms with Crippen LogP contribution in [0.3, 0.4) is 0 Å². The summed E-state index contributed by atoms with van der Waals surface area (Å²) >= 11 is 0. The van der Waals surface area contributed by atoms with Crippen molar-refractivity contribution in [2.24, 2.45) is 0 Å². The van der Waals surface area contributed by atoms with Gasteiger partial charge in [-0.1, -0.05) is 31.2 Å². The number of ether oxygens (including phenoxy) is 1. The zero-order chi connectivity index (χ0) is 18.6. The first-order valence-electron chi connectivity index (χ1n) is 7.70. The summed E-state index contributed by atoms with van der Waals surface area (Å²) in [6.45, 7) is 3.71. The number of hydrogen-bond donors (Lipinski definition) is 1. The van der Waals surface area contributed by atoms with Crippen LogP contribution in [0.2, 0.25) is 0 Å². The summed E-state index contributed by atoms with van der Waals surface area (Å²) < 4.78 is 33.1. The molecule has 25 heavy (non-hydrogen) atoms. The Balaban J connectivity index is 2.38. The number of benzene rings is 2. The van der Waals surface area contributed by atoms with Crippen molar-refractivity contribution in [2.75, 3.05) is 7.11 Å². The first-order valence-corrected chi connectivity index (χ1v) is 9.18. The molecular formula is C17H20N2O5S. The van der Waals surface area contributed by atoms with Gasteiger partial charge in [-0.05, 0) is 36.6 Å². The van der Waals surface area contributed by atoms with Crippen molar-refractivity contribution < 1.29 is 18.1 Å². The number of aryl methyl sites for hydroxylation is 1. The topological polar surface area (TPSA) is 98.5 Å².